The van der Waals surface area contributed by atoms with Gasteiger partial charge in [0, 0.05) is 11.6 Å². The van der Waals surface area contributed by atoms with E-state index >= 15 is 0 Å². The minimum atomic E-state index is 0.551. The Morgan fingerprint density at radius 2 is 2.29 bits per heavy atom. The van der Waals surface area contributed by atoms with Crippen LogP contribution in [0, 0.1) is 6.92 Å². The molecule has 0 aliphatic carbocycles. The number of aryl methyl sites for hydroxylation is 1. The highest BCUT2D eigenvalue weighted by Crippen LogP contribution is 2.17. The van der Waals surface area contributed by atoms with E-state index in [1.54, 1.807) is 10.9 Å². The molecule has 74 valence electrons. The van der Waals surface area contributed by atoms with Gasteiger partial charge in [0.25, 0.3) is 0 Å². The van der Waals surface area contributed by atoms with Crippen LogP contribution in [0.1, 0.15) is 11.4 Å². The van der Waals surface area contributed by atoms with E-state index < -0.39 is 0 Å². The normalized spacial score (nSPS) is 10.8. The lowest BCUT2D eigenvalue weighted by molar-refractivity contribution is 0.669. The first-order chi connectivity index (χ1) is 6.65. The van der Waals surface area contributed by atoms with Crippen LogP contribution in [-0.2, 0) is 6.54 Å². The third-order valence-electron chi connectivity index (χ3n) is 1.73. The van der Waals surface area contributed by atoms with E-state index in [4.69, 9.17) is 23.2 Å². The largest absolute Gasteiger partial charge is 0.265 e. The fourth-order valence-electron chi connectivity index (χ4n) is 1.10. The van der Waals surface area contributed by atoms with Gasteiger partial charge in [-0.15, -0.1) is 11.3 Å². The first-order valence-corrected chi connectivity index (χ1v) is 5.58. The molecule has 0 amide bonds. The fraction of sp³-hybridized carbons (Fsp3) is 0.250. The molecule has 0 bridgehead atoms. The molecule has 2 aromatic heterocycles. The smallest absolute Gasteiger partial charge is 0.183 e. The van der Waals surface area contributed by atoms with Crippen molar-refractivity contribution in [2.45, 2.75) is 13.5 Å². The summed E-state index contributed by atoms with van der Waals surface area (Å²) in [6.07, 6.45) is 1.78. The Morgan fingerprint density at radius 1 is 1.50 bits per heavy atom. The second-order valence-corrected chi connectivity index (χ2v) is 4.70. The van der Waals surface area contributed by atoms with Gasteiger partial charge in [-0.3, -0.25) is 4.68 Å². The Balaban J connectivity index is 2.18. The van der Waals surface area contributed by atoms with E-state index in [0.29, 0.717) is 16.0 Å². The highest BCUT2D eigenvalue weighted by molar-refractivity contribution is 7.13. The van der Waals surface area contributed by atoms with Crippen LogP contribution in [0.15, 0.2) is 11.6 Å². The van der Waals surface area contributed by atoms with Gasteiger partial charge in [0.2, 0.25) is 0 Å². The minimum absolute atomic E-state index is 0.551. The Hall–Kier alpha value is -0.580. The Bertz CT molecular complexity index is 430. The molecule has 0 saturated carbocycles. The van der Waals surface area contributed by atoms with Gasteiger partial charge in [-0.25, -0.2) is 4.98 Å². The van der Waals surface area contributed by atoms with Gasteiger partial charge in [0.15, 0.2) is 4.47 Å². The standard InChI is InChI=1S/C8H7Cl2N3S/c1-5-7(9)3-13(12-5)2-6-4-14-8(10)11-6/h3-4H,2H2,1H3. The molecular weight excluding hydrogens is 241 g/mol. The maximum Gasteiger partial charge on any atom is 0.183 e. The van der Waals surface area contributed by atoms with Gasteiger partial charge >= 0.3 is 0 Å². The second kappa shape index (κ2) is 3.88. The zero-order valence-electron chi connectivity index (χ0n) is 7.37. The quantitative estimate of drug-likeness (QED) is 0.817. The average Bonchev–Trinajstić information content (AvgIpc) is 2.62. The van der Waals surface area contributed by atoms with Crippen molar-refractivity contribution < 1.29 is 0 Å². The molecule has 0 N–H and O–H groups in total. The topological polar surface area (TPSA) is 30.7 Å². The van der Waals surface area contributed by atoms with Gasteiger partial charge in [-0.2, -0.15) is 5.10 Å². The van der Waals surface area contributed by atoms with E-state index in [9.17, 15) is 0 Å². The molecule has 0 aliphatic rings. The zero-order chi connectivity index (χ0) is 10.1. The third-order valence-corrected chi connectivity index (χ3v) is 3.13. The summed E-state index contributed by atoms with van der Waals surface area (Å²) in [5, 5.41) is 6.80. The van der Waals surface area contributed by atoms with Crippen LogP contribution in [-0.4, -0.2) is 14.8 Å². The number of nitrogens with zero attached hydrogens (tertiary/aromatic N) is 3. The monoisotopic (exact) mass is 247 g/mol. The fourth-order valence-corrected chi connectivity index (χ4v) is 2.02. The molecule has 0 unspecified atom stereocenters. The lowest BCUT2D eigenvalue weighted by Crippen LogP contribution is -2.00. The second-order valence-electron chi connectivity index (χ2n) is 2.85. The lowest BCUT2D eigenvalue weighted by Gasteiger charge is -1.95. The lowest BCUT2D eigenvalue weighted by atomic mass is 10.5. The molecule has 0 fully saturated rings. The highest BCUT2D eigenvalue weighted by Gasteiger charge is 2.04. The average molecular weight is 248 g/mol. The van der Waals surface area contributed by atoms with Gasteiger partial charge in [0.05, 0.1) is 23.0 Å². The van der Waals surface area contributed by atoms with Gasteiger partial charge in [0.1, 0.15) is 0 Å². The van der Waals surface area contributed by atoms with E-state index in [0.717, 1.165) is 11.4 Å². The number of aromatic nitrogens is 3. The SMILES string of the molecule is Cc1nn(Cc2csc(Cl)n2)cc1Cl. The zero-order valence-corrected chi connectivity index (χ0v) is 9.70. The maximum absolute atomic E-state index is 5.87. The molecule has 2 heterocycles. The summed E-state index contributed by atoms with van der Waals surface area (Å²) in [5.41, 5.74) is 1.73. The van der Waals surface area contributed by atoms with Crippen molar-refractivity contribution in [1.82, 2.24) is 14.8 Å². The first-order valence-electron chi connectivity index (χ1n) is 3.94. The van der Waals surface area contributed by atoms with Crippen molar-refractivity contribution in [3.63, 3.8) is 0 Å². The summed E-state index contributed by atoms with van der Waals surface area (Å²) in [6.45, 7) is 2.48. The Morgan fingerprint density at radius 3 is 2.79 bits per heavy atom. The van der Waals surface area contributed by atoms with E-state index in [1.165, 1.54) is 11.3 Å². The van der Waals surface area contributed by atoms with Gasteiger partial charge in [-0.05, 0) is 6.92 Å². The van der Waals surface area contributed by atoms with Crippen LogP contribution in [0.4, 0.5) is 0 Å². The molecule has 0 aromatic carbocycles. The molecule has 6 heteroatoms. The van der Waals surface area contributed by atoms with Crippen molar-refractivity contribution in [3.8, 4) is 0 Å². The molecule has 0 atom stereocenters. The molecular formula is C8H7Cl2N3S. The summed E-state index contributed by atoms with van der Waals surface area (Å²) in [5.74, 6) is 0. The van der Waals surface area contributed by atoms with Crippen LogP contribution in [0.5, 0.6) is 0 Å². The number of thiazole rings is 1. The summed E-state index contributed by atoms with van der Waals surface area (Å²) < 4.78 is 2.30. The predicted octanol–water partition coefficient (Wildman–Crippen LogP) is 3.00. The summed E-state index contributed by atoms with van der Waals surface area (Å²) >= 11 is 13.0. The molecule has 0 saturated heterocycles. The highest BCUT2D eigenvalue weighted by atomic mass is 35.5. The van der Waals surface area contributed by atoms with Crippen LogP contribution in [0.3, 0.4) is 0 Å². The summed E-state index contributed by atoms with van der Waals surface area (Å²) in [7, 11) is 0. The number of hydrogen-bond donors (Lipinski definition) is 0. The van der Waals surface area contributed by atoms with E-state index in [-0.39, 0.29) is 0 Å². The Kier molecular flexibility index (Phi) is 2.76. The predicted molar refractivity (Wildman–Crippen MR) is 58.2 cm³/mol. The Labute approximate surface area is 95.3 Å². The summed E-state index contributed by atoms with van der Waals surface area (Å²) in [6, 6.07) is 0. The minimum Gasteiger partial charge on any atom is -0.265 e. The number of halogens is 2. The first kappa shape index (κ1) is 9.96. The molecule has 2 rings (SSSR count). The molecule has 0 aliphatic heterocycles. The van der Waals surface area contributed by atoms with Crippen LogP contribution < -0.4 is 0 Å². The van der Waals surface area contributed by atoms with Crippen LogP contribution >= 0.6 is 34.5 Å². The van der Waals surface area contributed by atoms with Crippen molar-refractivity contribution in [3.05, 3.63) is 32.5 Å². The van der Waals surface area contributed by atoms with Crippen molar-refractivity contribution in [2.24, 2.45) is 0 Å². The van der Waals surface area contributed by atoms with Gasteiger partial charge < -0.3 is 0 Å². The van der Waals surface area contributed by atoms with Crippen molar-refractivity contribution >= 4 is 34.5 Å². The molecule has 0 radical (unpaired) electrons. The molecule has 14 heavy (non-hydrogen) atoms. The van der Waals surface area contributed by atoms with Crippen molar-refractivity contribution in [1.29, 1.82) is 0 Å². The molecule has 0 spiro atoms. The number of hydrogen-bond acceptors (Lipinski definition) is 3. The van der Waals surface area contributed by atoms with E-state index in [2.05, 4.69) is 10.1 Å². The van der Waals surface area contributed by atoms with Crippen LogP contribution in [0.25, 0.3) is 0 Å². The number of rotatable bonds is 2. The van der Waals surface area contributed by atoms with Crippen LogP contribution in [0.2, 0.25) is 9.49 Å². The van der Waals surface area contributed by atoms with Crippen molar-refractivity contribution in [2.75, 3.05) is 0 Å². The molecule has 3 nitrogen and oxygen atoms in total. The summed E-state index contributed by atoms with van der Waals surface area (Å²) in [4.78, 5) is 4.12. The molecule has 2 aromatic rings. The third kappa shape index (κ3) is 2.08. The van der Waals surface area contributed by atoms with E-state index in [1.807, 2.05) is 12.3 Å². The van der Waals surface area contributed by atoms with Gasteiger partial charge in [-0.1, -0.05) is 23.2 Å². The maximum atomic E-state index is 5.87.